The molecule has 1 aromatic heterocycles. The molecule has 0 unspecified atom stereocenters. The largest absolute Gasteiger partial charge is 0.384 e. The van der Waals surface area contributed by atoms with Crippen LogP contribution in [0.25, 0.3) is 0 Å². The summed E-state index contributed by atoms with van der Waals surface area (Å²) in [5, 5.41) is 6.08. The molecule has 1 fully saturated rings. The highest BCUT2D eigenvalue weighted by Crippen LogP contribution is 2.28. The molecule has 0 aliphatic carbocycles. The second-order valence-corrected chi connectivity index (χ2v) is 9.46. The van der Waals surface area contributed by atoms with Crippen LogP contribution in [0.3, 0.4) is 0 Å². The van der Waals surface area contributed by atoms with Gasteiger partial charge in [0.25, 0.3) is 10.0 Å². The zero-order valence-electron chi connectivity index (χ0n) is 14.2. The van der Waals surface area contributed by atoms with E-state index in [9.17, 15) is 8.42 Å². The van der Waals surface area contributed by atoms with Gasteiger partial charge in [0.15, 0.2) is 5.03 Å². The fraction of sp³-hybridized carbons (Fsp3) is 0.471. The monoisotopic (exact) mass is 378 g/mol. The molecule has 3 heterocycles. The number of anilines is 1. The second-order valence-electron chi connectivity index (χ2n) is 6.51. The number of para-hydroxylation sites is 1. The second kappa shape index (κ2) is 6.68. The molecule has 1 N–H and O–H groups in total. The van der Waals surface area contributed by atoms with Crippen LogP contribution in [0.5, 0.6) is 0 Å². The third kappa shape index (κ3) is 3.31. The highest BCUT2D eigenvalue weighted by molar-refractivity contribution is 7.89. The maximum absolute atomic E-state index is 12.7. The highest BCUT2D eigenvalue weighted by atomic mass is 32.2. The van der Waals surface area contributed by atoms with E-state index < -0.39 is 10.0 Å². The molecule has 0 amide bonds. The lowest BCUT2D eigenvalue weighted by Gasteiger charge is -2.33. The number of hydrogen-bond donors (Lipinski definition) is 1. The SMILES string of the molecule is Cc1nc(S(=O)(=O)N2CCN(Cc3cccc4c3NCC4)CC2)cs1. The predicted octanol–water partition coefficient (Wildman–Crippen LogP) is 1.93. The van der Waals surface area contributed by atoms with E-state index in [-0.39, 0.29) is 5.03 Å². The number of rotatable bonds is 4. The number of fused-ring (bicyclic) bond motifs is 1. The van der Waals surface area contributed by atoms with Gasteiger partial charge < -0.3 is 5.32 Å². The van der Waals surface area contributed by atoms with Gasteiger partial charge >= 0.3 is 0 Å². The van der Waals surface area contributed by atoms with Crippen molar-refractivity contribution in [2.75, 3.05) is 38.0 Å². The third-order valence-corrected chi connectivity index (χ3v) is 7.57. The van der Waals surface area contributed by atoms with Crippen LogP contribution in [0.1, 0.15) is 16.1 Å². The van der Waals surface area contributed by atoms with Crippen molar-refractivity contribution in [2.45, 2.75) is 24.9 Å². The van der Waals surface area contributed by atoms with Gasteiger partial charge in [-0.05, 0) is 24.5 Å². The highest BCUT2D eigenvalue weighted by Gasteiger charge is 2.30. The van der Waals surface area contributed by atoms with Gasteiger partial charge in [-0.3, -0.25) is 4.90 Å². The van der Waals surface area contributed by atoms with Crippen molar-refractivity contribution < 1.29 is 8.42 Å². The first-order valence-corrected chi connectivity index (χ1v) is 10.9. The first-order chi connectivity index (χ1) is 12.0. The number of hydrogen-bond acceptors (Lipinski definition) is 6. The summed E-state index contributed by atoms with van der Waals surface area (Å²) in [6, 6.07) is 6.46. The van der Waals surface area contributed by atoms with Crippen molar-refractivity contribution in [3.8, 4) is 0 Å². The number of thiazole rings is 1. The maximum atomic E-state index is 12.7. The fourth-order valence-electron chi connectivity index (χ4n) is 3.51. The molecule has 2 aliphatic heterocycles. The summed E-state index contributed by atoms with van der Waals surface area (Å²) in [5.74, 6) is 0. The van der Waals surface area contributed by atoms with Crippen molar-refractivity contribution in [1.82, 2.24) is 14.2 Å². The molecule has 0 radical (unpaired) electrons. The fourth-order valence-corrected chi connectivity index (χ4v) is 5.83. The van der Waals surface area contributed by atoms with Gasteiger partial charge in [-0.2, -0.15) is 4.31 Å². The predicted molar refractivity (Wildman–Crippen MR) is 99.5 cm³/mol. The van der Waals surface area contributed by atoms with Crippen LogP contribution in [-0.2, 0) is 23.0 Å². The Hall–Kier alpha value is -1.48. The van der Waals surface area contributed by atoms with Gasteiger partial charge in [0, 0.05) is 50.3 Å². The van der Waals surface area contributed by atoms with E-state index >= 15 is 0 Å². The summed E-state index contributed by atoms with van der Waals surface area (Å²) >= 11 is 1.37. The summed E-state index contributed by atoms with van der Waals surface area (Å²) in [4.78, 5) is 6.48. The lowest BCUT2D eigenvalue weighted by Crippen LogP contribution is -2.48. The number of nitrogens with one attached hydrogen (secondary N) is 1. The number of sulfonamides is 1. The summed E-state index contributed by atoms with van der Waals surface area (Å²) < 4.78 is 26.9. The molecule has 2 aromatic rings. The van der Waals surface area contributed by atoms with Crippen LogP contribution in [-0.4, -0.2) is 55.3 Å². The van der Waals surface area contributed by atoms with Crippen LogP contribution in [0, 0.1) is 6.92 Å². The zero-order valence-corrected chi connectivity index (χ0v) is 15.9. The smallest absolute Gasteiger partial charge is 0.261 e. The maximum Gasteiger partial charge on any atom is 0.261 e. The summed E-state index contributed by atoms with van der Waals surface area (Å²) in [6.07, 6.45) is 1.09. The Morgan fingerprint density at radius 2 is 2.04 bits per heavy atom. The molecule has 2 aliphatic rings. The van der Waals surface area contributed by atoms with Gasteiger partial charge in [0.1, 0.15) is 0 Å². The Labute approximate surface area is 152 Å². The number of aryl methyl sites for hydroxylation is 1. The average molecular weight is 379 g/mol. The molecule has 6 nitrogen and oxygen atoms in total. The van der Waals surface area contributed by atoms with E-state index in [0.717, 1.165) is 37.6 Å². The lowest BCUT2D eigenvalue weighted by atomic mass is 10.1. The molecule has 0 bridgehead atoms. The quantitative estimate of drug-likeness (QED) is 0.881. The number of piperazine rings is 1. The molecule has 134 valence electrons. The Balaban J connectivity index is 1.41. The minimum absolute atomic E-state index is 0.188. The Bertz CT molecular complexity index is 871. The molecule has 0 saturated carbocycles. The minimum atomic E-state index is -3.45. The van der Waals surface area contributed by atoms with Crippen molar-refractivity contribution in [3.05, 3.63) is 39.7 Å². The van der Waals surface area contributed by atoms with Gasteiger partial charge in [-0.25, -0.2) is 13.4 Å². The normalized spacial score (nSPS) is 18.9. The Kier molecular flexibility index (Phi) is 4.53. The van der Waals surface area contributed by atoms with E-state index in [2.05, 4.69) is 33.4 Å². The first-order valence-electron chi connectivity index (χ1n) is 8.53. The third-order valence-electron chi connectivity index (χ3n) is 4.86. The average Bonchev–Trinajstić information content (AvgIpc) is 3.25. The van der Waals surface area contributed by atoms with E-state index in [1.807, 2.05) is 6.92 Å². The van der Waals surface area contributed by atoms with Gasteiger partial charge in [0.05, 0.1) is 5.01 Å². The van der Waals surface area contributed by atoms with Crippen molar-refractivity contribution in [2.24, 2.45) is 0 Å². The summed E-state index contributed by atoms with van der Waals surface area (Å²) in [6.45, 7) is 6.21. The van der Waals surface area contributed by atoms with Crippen LogP contribution < -0.4 is 5.32 Å². The Morgan fingerprint density at radius 3 is 2.76 bits per heavy atom. The summed E-state index contributed by atoms with van der Waals surface area (Å²) in [7, 11) is -3.45. The van der Waals surface area contributed by atoms with Crippen molar-refractivity contribution >= 4 is 27.0 Å². The Morgan fingerprint density at radius 1 is 1.24 bits per heavy atom. The van der Waals surface area contributed by atoms with Gasteiger partial charge in [-0.15, -0.1) is 11.3 Å². The van der Waals surface area contributed by atoms with Crippen LogP contribution in [0.4, 0.5) is 5.69 Å². The summed E-state index contributed by atoms with van der Waals surface area (Å²) in [5.41, 5.74) is 3.97. The van der Waals surface area contributed by atoms with E-state index in [0.29, 0.717) is 13.1 Å². The van der Waals surface area contributed by atoms with Gasteiger partial charge in [-0.1, -0.05) is 18.2 Å². The lowest BCUT2D eigenvalue weighted by molar-refractivity contribution is 0.181. The number of aromatic nitrogens is 1. The zero-order chi connectivity index (χ0) is 17.4. The van der Waals surface area contributed by atoms with Gasteiger partial charge in [0.2, 0.25) is 0 Å². The first kappa shape index (κ1) is 17.0. The molecule has 25 heavy (non-hydrogen) atoms. The standard InChI is InChI=1S/C17H22N4O2S2/c1-13-19-16(12-24-13)25(22,23)21-9-7-20(8-10-21)11-15-4-2-3-14-5-6-18-17(14)15/h2-4,12,18H,5-11H2,1H3. The molecule has 8 heteroatoms. The van der Waals surface area contributed by atoms with E-state index in [1.165, 1.54) is 28.2 Å². The molecular formula is C17H22N4O2S2. The van der Waals surface area contributed by atoms with Crippen molar-refractivity contribution in [3.63, 3.8) is 0 Å². The minimum Gasteiger partial charge on any atom is -0.384 e. The number of benzene rings is 1. The molecule has 0 atom stereocenters. The van der Waals surface area contributed by atoms with Crippen LogP contribution in [0.2, 0.25) is 0 Å². The molecule has 1 saturated heterocycles. The van der Waals surface area contributed by atoms with Crippen LogP contribution >= 0.6 is 11.3 Å². The van der Waals surface area contributed by atoms with Crippen molar-refractivity contribution in [1.29, 1.82) is 0 Å². The topological polar surface area (TPSA) is 65.5 Å². The molecule has 4 rings (SSSR count). The van der Waals surface area contributed by atoms with E-state index in [1.54, 1.807) is 9.69 Å². The van der Waals surface area contributed by atoms with E-state index in [4.69, 9.17) is 0 Å². The number of nitrogens with zero attached hydrogens (tertiary/aromatic N) is 3. The van der Waals surface area contributed by atoms with Crippen LogP contribution in [0.15, 0.2) is 28.6 Å². The molecule has 1 aromatic carbocycles. The molecule has 0 spiro atoms. The molecular weight excluding hydrogens is 356 g/mol.